The molecule has 0 unspecified atom stereocenters. The second-order valence-corrected chi connectivity index (χ2v) is 6.96. The second kappa shape index (κ2) is 13.5. The molecule has 0 amide bonds. The third kappa shape index (κ3) is 8.50. The molecule has 1 aromatic carbocycles. The first kappa shape index (κ1) is 22.4. The van der Waals surface area contributed by atoms with E-state index in [0.29, 0.717) is 6.54 Å². The third-order valence-corrected chi connectivity index (χ3v) is 4.84. The number of benzene rings is 1. The number of thioether (sulfide) groups is 1. The summed E-state index contributed by atoms with van der Waals surface area (Å²) in [5.41, 5.74) is 2.56. The summed E-state index contributed by atoms with van der Waals surface area (Å²) in [7, 11) is 1.73. The van der Waals surface area contributed by atoms with Crippen LogP contribution < -0.4 is 15.5 Å². The van der Waals surface area contributed by atoms with Crippen molar-refractivity contribution in [2.45, 2.75) is 19.9 Å². The predicted octanol–water partition coefficient (Wildman–Crippen LogP) is 2.95. The van der Waals surface area contributed by atoms with Crippen LogP contribution in [0.15, 0.2) is 29.3 Å². The molecule has 1 aromatic rings. The number of rotatable bonds is 8. The average molecular weight is 478 g/mol. The van der Waals surface area contributed by atoms with Crippen molar-refractivity contribution in [3.05, 3.63) is 29.8 Å². The van der Waals surface area contributed by atoms with Gasteiger partial charge in [0.15, 0.2) is 5.96 Å². The highest BCUT2D eigenvalue weighted by molar-refractivity contribution is 14.0. The van der Waals surface area contributed by atoms with Crippen LogP contribution in [-0.2, 0) is 11.3 Å². The molecule has 0 aromatic heterocycles. The minimum Gasteiger partial charge on any atom is -0.385 e. The quantitative estimate of drug-likeness (QED) is 0.261. The molecular formula is C18H31IN4OS. The van der Waals surface area contributed by atoms with Gasteiger partial charge < -0.3 is 20.3 Å². The second-order valence-electron chi connectivity index (χ2n) is 5.73. The van der Waals surface area contributed by atoms with E-state index in [1.54, 1.807) is 7.11 Å². The summed E-state index contributed by atoms with van der Waals surface area (Å²) in [6.07, 6.45) is 0.976. The van der Waals surface area contributed by atoms with E-state index in [4.69, 9.17) is 4.74 Å². The number of halogens is 1. The van der Waals surface area contributed by atoms with Gasteiger partial charge in [-0.15, -0.1) is 24.0 Å². The molecule has 25 heavy (non-hydrogen) atoms. The average Bonchev–Trinajstić information content (AvgIpc) is 2.64. The first-order valence-corrected chi connectivity index (χ1v) is 9.91. The van der Waals surface area contributed by atoms with E-state index in [0.717, 1.165) is 45.2 Å². The molecule has 1 saturated heterocycles. The number of ether oxygens (including phenoxy) is 1. The number of hydrogen-bond acceptors (Lipinski definition) is 4. The first-order valence-electron chi connectivity index (χ1n) is 8.76. The Balaban J connectivity index is 0.00000312. The van der Waals surface area contributed by atoms with E-state index in [9.17, 15) is 0 Å². The van der Waals surface area contributed by atoms with E-state index in [1.165, 1.54) is 22.8 Å². The van der Waals surface area contributed by atoms with Gasteiger partial charge in [0.1, 0.15) is 0 Å². The summed E-state index contributed by atoms with van der Waals surface area (Å²) in [5.74, 6) is 3.32. The van der Waals surface area contributed by atoms with E-state index < -0.39 is 0 Å². The van der Waals surface area contributed by atoms with Crippen LogP contribution in [0.1, 0.15) is 18.9 Å². The number of methoxy groups -OCH3 is 1. The minimum absolute atomic E-state index is 0. The molecule has 2 rings (SSSR count). The Morgan fingerprint density at radius 3 is 2.56 bits per heavy atom. The SMILES string of the molecule is CCNC(=NCc1ccc(N2CCSCC2)cc1)NCCCOC.I. The van der Waals surface area contributed by atoms with Gasteiger partial charge in [0.25, 0.3) is 0 Å². The van der Waals surface area contributed by atoms with Crippen molar-refractivity contribution in [2.75, 3.05) is 56.3 Å². The van der Waals surface area contributed by atoms with Crippen molar-refractivity contribution in [1.82, 2.24) is 10.6 Å². The zero-order chi connectivity index (χ0) is 17.0. The molecule has 1 aliphatic rings. The van der Waals surface area contributed by atoms with Gasteiger partial charge in [0.05, 0.1) is 6.54 Å². The Kier molecular flexibility index (Phi) is 12.1. The molecule has 0 saturated carbocycles. The number of nitrogens with one attached hydrogen (secondary N) is 2. The molecule has 0 bridgehead atoms. The van der Waals surface area contributed by atoms with Crippen LogP contribution in [0.4, 0.5) is 5.69 Å². The Bertz CT molecular complexity index is 492. The predicted molar refractivity (Wildman–Crippen MR) is 121 cm³/mol. The summed E-state index contributed by atoms with van der Waals surface area (Å²) in [4.78, 5) is 7.12. The summed E-state index contributed by atoms with van der Waals surface area (Å²) in [5, 5.41) is 6.62. The number of hydrogen-bond donors (Lipinski definition) is 2. The van der Waals surface area contributed by atoms with E-state index in [1.807, 2.05) is 11.8 Å². The van der Waals surface area contributed by atoms with Gasteiger partial charge in [-0.05, 0) is 31.0 Å². The monoisotopic (exact) mass is 478 g/mol. The fourth-order valence-electron chi connectivity index (χ4n) is 2.57. The van der Waals surface area contributed by atoms with Crippen LogP contribution in [0.3, 0.4) is 0 Å². The molecule has 0 aliphatic carbocycles. The Morgan fingerprint density at radius 1 is 1.20 bits per heavy atom. The van der Waals surface area contributed by atoms with Gasteiger partial charge >= 0.3 is 0 Å². The van der Waals surface area contributed by atoms with Crippen molar-refractivity contribution in [3.63, 3.8) is 0 Å². The maximum Gasteiger partial charge on any atom is 0.191 e. The van der Waals surface area contributed by atoms with Crippen molar-refractivity contribution in [1.29, 1.82) is 0 Å². The molecule has 5 nitrogen and oxygen atoms in total. The molecule has 1 fully saturated rings. The normalized spacial score (nSPS) is 14.8. The topological polar surface area (TPSA) is 48.9 Å². The number of anilines is 1. The van der Waals surface area contributed by atoms with Crippen LogP contribution in [0.25, 0.3) is 0 Å². The van der Waals surface area contributed by atoms with Crippen molar-refractivity contribution in [3.8, 4) is 0 Å². The summed E-state index contributed by atoms with van der Waals surface area (Å²) < 4.78 is 5.07. The maximum atomic E-state index is 5.07. The van der Waals surface area contributed by atoms with Crippen LogP contribution in [-0.4, -0.2) is 57.4 Å². The van der Waals surface area contributed by atoms with E-state index in [2.05, 4.69) is 51.7 Å². The largest absolute Gasteiger partial charge is 0.385 e. The highest BCUT2D eigenvalue weighted by Gasteiger charge is 2.10. The summed E-state index contributed by atoms with van der Waals surface area (Å²) in [6, 6.07) is 8.82. The van der Waals surface area contributed by atoms with Gasteiger partial charge in [0, 0.05) is 57.1 Å². The number of guanidine groups is 1. The standard InChI is InChI=1S/C18H30N4OS.HI/c1-3-19-18(20-9-4-12-23-2)21-15-16-5-7-17(8-6-16)22-10-13-24-14-11-22;/h5-8H,3-4,9-15H2,1-2H3,(H2,19,20,21);1H. The van der Waals surface area contributed by atoms with Gasteiger partial charge in [-0.3, -0.25) is 0 Å². The highest BCUT2D eigenvalue weighted by atomic mass is 127. The molecule has 142 valence electrons. The number of aliphatic imine (C=N–C) groups is 1. The lowest BCUT2D eigenvalue weighted by Crippen LogP contribution is -2.38. The lowest BCUT2D eigenvalue weighted by atomic mass is 10.2. The van der Waals surface area contributed by atoms with Crippen LogP contribution in [0.2, 0.25) is 0 Å². The van der Waals surface area contributed by atoms with Gasteiger partial charge in [-0.25, -0.2) is 4.99 Å². The van der Waals surface area contributed by atoms with Crippen molar-refractivity contribution < 1.29 is 4.74 Å². The molecule has 0 spiro atoms. The Hall–Kier alpha value is -0.670. The summed E-state index contributed by atoms with van der Waals surface area (Å²) in [6.45, 7) is 7.57. The molecule has 7 heteroatoms. The fourth-order valence-corrected chi connectivity index (χ4v) is 3.47. The molecule has 2 N–H and O–H groups in total. The molecular weight excluding hydrogens is 447 g/mol. The summed E-state index contributed by atoms with van der Waals surface area (Å²) >= 11 is 2.04. The molecule has 0 atom stereocenters. The van der Waals surface area contributed by atoms with Gasteiger partial charge in [-0.2, -0.15) is 11.8 Å². The minimum atomic E-state index is 0. The molecule has 1 heterocycles. The van der Waals surface area contributed by atoms with Crippen LogP contribution in [0, 0.1) is 0 Å². The van der Waals surface area contributed by atoms with Crippen LogP contribution >= 0.6 is 35.7 Å². The highest BCUT2D eigenvalue weighted by Crippen LogP contribution is 2.20. The third-order valence-electron chi connectivity index (χ3n) is 3.89. The van der Waals surface area contributed by atoms with Crippen LogP contribution in [0.5, 0.6) is 0 Å². The van der Waals surface area contributed by atoms with Crippen molar-refractivity contribution in [2.24, 2.45) is 4.99 Å². The smallest absolute Gasteiger partial charge is 0.191 e. The molecule has 1 aliphatic heterocycles. The molecule has 0 radical (unpaired) electrons. The fraction of sp³-hybridized carbons (Fsp3) is 0.611. The lowest BCUT2D eigenvalue weighted by molar-refractivity contribution is 0.195. The zero-order valence-corrected chi connectivity index (χ0v) is 18.4. The maximum absolute atomic E-state index is 5.07. The Morgan fingerprint density at radius 2 is 1.92 bits per heavy atom. The van der Waals surface area contributed by atoms with Gasteiger partial charge in [-0.1, -0.05) is 12.1 Å². The Labute approximate surface area is 173 Å². The lowest BCUT2D eigenvalue weighted by Gasteiger charge is -2.28. The number of nitrogens with zero attached hydrogens (tertiary/aromatic N) is 2. The van der Waals surface area contributed by atoms with E-state index in [-0.39, 0.29) is 24.0 Å². The van der Waals surface area contributed by atoms with Gasteiger partial charge in [0.2, 0.25) is 0 Å². The van der Waals surface area contributed by atoms with Crippen molar-refractivity contribution >= 4 is 47.4 Å². The zero-order valence-electron chi connectivity index (χ0n) is 15.3. The van der Waals surface area contributed by atoms with E-state index >= 15 is 0 Å². The first-order chi connectivity index (χ1) is 11.8.